The van der Waals surface area contributed by atoms with E-state index in [9.17, 15) is 4.79 Å². The molecule has 0 unspecified atom stereocenters. The van der Waals surface area contributed by atoms with E-state index in [1.54, 1.807) is 13.2 Å². The number of thioether (sulfide) groups is 1. The number of ether oxygens (including phenoxy) is 2. The van der Waals surface area contributed by atoms with Crippen LogP contribution in [0.1, 0.15) is 22.6 Å². The third-order valence-corrected chi connectivity index (χ3v) is 6.37. The standard InChI is InChI=1S/C23H24N4O3S/c1-14-5-10-19-20(28)11-16(24-22(19)15(14)2)13-31-23-26-25-21(27(23)3)12-30-18-8-6-17(29-4)7-9-18/h5-11H,12-13H2,1-4H3,(H,24,28). The molecule has 0 bridgehead atoms. The zero-order valence-electron chi connectivity index (χ0n) is 17.9. The summed E-state index contributed by atoms with van der Waals surface area (Å²) < 4.78 is 12.9. The van der Waals surface area contributed by atoms with E-state index in [1.807, 2.05) is 61.9 Å². The molecule has 0 amide bonds. The lowest BCUT2D eigenvalue weighted by Crippen LogP contribution is -2.07. The van der Waals surface area contributed by atoms with Gasteiger partial charge in [-0.3, -0.25) is 4.79 Å². The van der Waals surface area contributed by atoms with E-state index in [4.69, 9.17) is 9.47 Å². The number of hydrogen-bond acceptors (Lipinski definition) is 6. The summed E-state index contributed by atoms with van der Waals surface area (Å²) in [5.74, 6) is 2.82. The number of H-pyrrole nitrogens is 1. The summed E-state index contributed by atoms with van der Waals surface area (Å²) >= 11 is 1.52. The van der Waals surface area contributed by atoms with Crippen LogP contribution in [-0.4, -0.2) is 26.9 Å². The van der Waals surface area contributed by atoms with Crippen LogP contribution in [0, 0.1) is 13.8 Å². The summed E-state index contributed by atoms with van der Waals surface area (Å²) in [5.41, 5.74) is 4.03. The van der Waals surface area contributed by atoms with Crippen LogP contribution >= 0.6 is 11.8 Å². The van der Waals surface area contributed by atoms with Gasteiger partial charge in [-0.2, -0.15) is 0 Å². The van der Waals surface area contributed by atoms with E-state index in [0.29, 0.717) is 17.7 Å². The van der Waals surface area contributed by atoms with Crippen LogP contribution in [0.3, 0.4) is 0 Å². The molecule has 31 heavy (non-hydrogen) atoms. The minimum atomic E-state index is 0.0268. The fourth-order valence-corrected chi connectivity index (χ4v) is 4.09. The number of nitrogens with one attached hydrogen (secondary N) is 1. The van der Waals surface area contributed by atoms with Crippen LogP contribution < -0.4 is 14.9 Å². The first kappa shape index (κ1) is 21.0. The monoisotopic (exact) mass is 436 g/mol. The van der Waals surface area contributed by atoms with Gasteiger partial charge in [0, 0.05) is 29.9 Å². The molecule has 0 aliphatic rings. The minimum Gasteiger partial charge on any atom is -0.497 e. The SMILES string of the molecule is COc1ccc(OCc2nnc(SCc3cc(=O)c4ccc(C)c(C)c4[nH]3)n2C)cc1. The Morgan fingerprint density at radius 1 is 1.06 bits per heavy atom. The summed E-state index contributed by atoms with van der Waals surface area (Å²) in [5, 5.41) is 9.99. The van der Waals surface area contributed by atoms with Gasteiger partial charge in [-0.1, -0.05) is 17.8 Å². The molecule has 8 heteroatoms. The van der Waals surface area contributed by atoms with Crippen molar-refractivity contribution in [2.45, 2.75) is 31.4 Å². The quantitative estimate of drug-likeness (QED) is 0.438. The molecule has 0 saturated carbocycles. The van der Waals surface area contributed by atoms with Crippen LogP contribution in [0.25, 0.3) is 10.9 Å². The Morgan fingerprint density at radius 3 is 2.55 bits per heavy atom. The van der Waals surface area contributed by atoms with Crippen LogP contribution in [0.4, 0.5) is 0 Å². The van der Waals surface area contributed by atoms with Gasteiger partial charge >= 0.3 is 0 Å². The third kappa shape index (κ3) is 4.44. The van der Waals surface area contributed by atoms with Gasteiger partial charge in [0.2, 0.25) is 0 Å². The van der Waals surface area contributed by atoms with Crippen LogP contribution in [0.5, 0.6) is 11.5 Å². The summed E-state index contributed by atoms with van der Waals surface area (Å²) in [6.45, 7) is 4.38. The molecule has 0 fully saturated rings. The number of fused-ring (bicyclic) bond motifs is 1. The first-order valence-corrected chi connectivity index (χ1v) is 10.8. The Hall–Kier alpha value is -3.26. The van der Waals surface area contributed by atoms with E-state index < -0.39 is 0 Å². The number of methoxy groups -OCH3 is 1. The van der Waals surface area contributed by atoms with Gasteiger partial charge in [0.05, 0.1) is 12.6 Å². The molecule has 0 aliphatic heterocycles. The van der Waals surface area contributed by atoms with E-state index in [0.717, 1.165) is 44.8 Å². The molecule has 0 spiro atoms. The van der Waals surface area contributed by atoms with Crippen LogP contribution in [-0.2, 0) is 19.4 Å². The van der Waals surface area contributed by atoms with Crippen molar-refractivity contribution in [1.82, 2.24) is 19.7 Å². The normalized spacial score (nSPS) is 11.1. The number of nitrogens with zero attached hydrogens (tertiary/aromatic N) is 3. The van der Waals surface area contributed by atoms with E-state index >= 15 is 0 Å². The van der Waals surface area contributed by atoms with Gasteiger partial charge in [-0.25, -0.2) is 0 Å². The predicted molar refractivity (Wildman–Crippen MR) is 122 cm³/mol. The average molecular weight is 437 g/mol. The summed E-state index contributed by atoms with van der Waals surface area (Å²) in [4.78, 5) is 15.9. The van der Waals surface area contributed by atoms with Gasteiger partial charge in [0.25, 0.3) is 0 Å². The lowest BCUT2D eigenvalue weighted by Gasteiger charge is -2.09. The second kappa shape index (κ2) is 8.85. The van der Waals surface area contributed by atoms with E-state index in [-0.39, 0.29) is 5.43 Å². The Bertz CT molecular complexity index is 1280. The lowest BCUT2D eigenvalue weighted by atomic mass is 10.0. The number of aromatic nitrogens is 4. The molecule has 0 atom stereocenters. The zero-order valence-corrected chi connectivity index (χ0v) is 18.7. The molecule has 160 valence electrons. The molecule has 0 aliphatic carbocycles. The van der Waals surface area contributed by atoms with Crippen molar-refractivity contribution in [2.24, 2.45) is 7.05 Å². The molecule has 1 N–H and O–H groups in total. The molecular weight excluding hydrogens is 412 g/mol. The molecule has 7 nitrogen and oxygen atoms in total. The molecule has 4 aromatic rings. The maximum absolute atomic E-state index is 12.5. The van der Waals surface area contributed by atoms with Gasteiger partial charge in [0.1, 0.15) is 18.1 Å². The molecule has 4 rings (SSSR count). The van der Waals surface area contributed by atoms with Crippen LogP contribution in [0.15, 0.2) is 52.4 Å². The molecule has 2 heterocycles. The highest BCUT2D eigenvalue weighted by atomic mass is 32.2. The largest absolute Gasteiger partial charge is 0.497 e. The number of pyridine rings is 1. The first-order chi connectivity index (χ1) is 15.0. The van der Waals surface area contributed by atoms with Gasteiger partial charge in [0.15, 0.2) is 16.4 Å². The highest BCUT2D eigenvalue weighted by molar-refractivity contribution is 7.98. The summed E-state index contributed by atoms with van der Waals surface area (Å²) in [7, 11) is 3.54. The number of aromatic amines is 1. The maximum atomic E-state index is 12.5. The second-order valence-electron chi connectivity index (χ2n) is 7.30. The third-order valence-electron chi connectivity index (χ3n) is 5.30. The number of hydrogen-bond donors (Lipinski definition) is 1. The van der Waals surface area contributed by atoms with Crippen molar-refractivity contribution in [1.29, 1.82) is 0 Å². The van der Waals surface area contributed by atoms with Crippen LogP contribution in [0.2, 0.25) is 0 Å². The van der Waals surface area contributed by atoms with Crippen molar-refractivity contribution in [3.63, 3.8) is 0 Å². The molecular formula is C23H24N4O3S. The molecule has 2 aromatic heterocycles. The number of benzene rings is 2. The Balaban J connectivity index is 1.45. The highest BCUT2D eigenvalue weighted by Gasteiger charge is 2.12. The minimum absolute atomic E-state index is 0.0268. The smallest absolute Gasteiger partial charge is 0.191 e. The van der Waals surface area contributed by atoms with Crippen molar-refractivity contribution in [3.8, 4) is 11.5 Å². The molecule has 2 aromatic carbocycles. The van der Waals surface area contributed by atoms with Crippen molar-refractivity contribution in [2.75, 3.05) is 7.11 Å². The molecule has 0 radical (unpaired) electrons. The first-order valence-electron chi connectivity index (χ1n) is 9.86. The van der Waals surface area contributed by atoms with Crippen molar-refractivity contribution >= 4 is 22.7 Å². The summed E-state index contributed by atoms with van der Waals surface area (Å²) in [6, 6.07) is 12.9. The second-order valence-corrected chi connectivity index (χ2v) is 8.24. The fraction of sp³-hybridized carbons (Fsp3) is 0.261. The van der Waals surface area contributed by atoms with Crippen molar-refractivity contribution in [3.05, 3.63) is 75.3 Å². The zero-order chi connectivity index (χ0) is 22.0. The highest BCUT2D eigenvalue weighted by Crippen LogP contribution is 2.23. The number of aryl methyl sites for hydroxylation is 2. The van der Waals surface area contributed by atoms with E-state index in [2.05, 4.69) is 15.2 Å². The Morgan fingerprint density at radius 2 is 1.81 bits per heavy atom. The Kier molecular flexibility index (Phi) is 5.99. The average Bonchev–Trinajstić information content (AvgIpc) is 3.13. The molecule has 0 saturated heterocycles. The topological polar surface area (TPSA) is 82.0 Å². The van der Waals surface area contributed by atoms with E-state index in [1.165, 1.54) is 11.8 Å². The predicted octanol–water partition coefficient (Wildman–Crippen LogP) is 4.15. The maximum Gasteiger partial charge on any atom is 0.191 e. The van der Waals surface area contributed by atoms with Crippen molar-refractivity contribution < 1.29 is 9.47 Å². The lowest BCUT2D eigenvalue weighted by molar-refractivity contribution is 0.290. The van der Waals surface area contributed by atoms with Gasteiger partial charge in [-0.15, -0.1) is 10.2 Å². The summed E-state index contributed by atoms with van der Waals surface area (Å²) in [6.07, 6.45) is 0. The van der Waals surface area contributed by atoms with Gasteiger partial charge < -0.3 is 19.0 Å². The van der Waals surface area contributed by atoms with Gasteiger partial charge in [-0.05, 0) is 55.3 Å². The number of rotatable bonds is 7. The fourth-order valence-electron chi connectivity index (χ4n) is 3.25. The Labute approximate surface area is 184 Å².